The van der Waals surface area contributed by atoms with Crippen molar-refractivity contribution in [1.29, 1.82) is 0 Å². The lowest BCUT2D eigenvalue weighted by molar-refractivity contribution is 0.00132. The van der Waals surface area contributed by atoms with Crippen molar-refractivity contribution in [3.05, 3.63) is 33.8 Å². The van der Waals surface area contributed by atoms with E-state index in [0.717, 1.165) is 25.0 Å². The molecule has 0 spiro atoms. The Morgan fingerprint density at radius 2 is 2.18 bits per heavy atom. The number of ether oxygens (including phenoxy) is 1. The fraction of sp³-hybridized carbons (Fsp3) is 0.562. The smallest absolute Gasteiger partial charge is 0.317 e. The van der Waals surface area contributed by atoms with E-state index in [9.17, 15) is 4.79 Å². The number of carbonyl (C=O) groups is 1. The van der Waals surface area contributed by atoms with Crippen LogP contribution in [0.25, 0.3) is 0 Å². The Hall–Kier alpha value is -0.970. The number of amides is 2. The van der Waals surface area contributed by atoms with Gasteiger partial charge < -0.3 is 15.0 Å². The summed E-state index contributed by atoms with van der Waals surface area (Å²) in [6.45, 7) is 4.50. The Morgan fingerprint density at radius 3 is 2.82 bits per heavy atom. The lowest BCUT2D eigenvalue weighted by Gasteiger charge is -2.29. The number of urea groups is 1. The van der Waals surface area contributed by atoms with Crippen molar-refractivity contribution in [1.82, 2.24) is 10.2 Å². The summed E-state index contributed by atoms with van der Waals surface area (Å²) in [5.74, 6) is 0. The molecule has 4 nitrogen and oxygen atoms in total. The van der Waals surface area contributed by atoms with Gasteiger partial charge in [-0.3, -0.25) is 0 Å². The lowest BCUT2D eigenvalue weighted by Crippen LogP contribution is -2.44. The van der Waals surface area contributed by atoms with E-state index in [0.29, 0.717) is 29.7 Å². The third-order valence-corrected chi connectivity index (χ3v) is 4.53. The third-order valence-electron chi connectivity index (χ3n) is 3.79. The largest absolute Gasteiger partial charge is 0.376 e. The second kappa shape index (κ2) is 8.61. The lowest BCUT2D eigenvalue weighted by atomic mass is 10.1. The molecule has 2 amide bonds. The Kier molecular flexibility index (Phi) is 6.80. The fourth-order valence-electron chi connectivity index (χ4n) is 2.49. The molecule has 122 valence electrons. The van der Waals surface area contributed by atoms with Gasteiger partial charge in [0.1, 0.15) is 0 Å². The zero-order valence-electron chi connectivity index (χ0n) is 12.8. The van der Waals surface area contributed by atoms with Gasteiger partial charge in [-0.1, -0.05) is 29.3 Å². The summed E-state index contributed by atoms with van der Waals surface area (Å²) in [5.41, 5.74) is 0.924. The highest BCUT2D eigenvalue weighted by atomic mass is 35.5. The molecule has 1 atom stereocenters. The minimum absolute atomic E-state index is 0.0808. The van der Waals surface area contributed by atoms with E-state index >= 15 is 0 Å². The summed E-state index contributed by atoms with van der Waals surface area (Å²) in [7, 11) is 0. The predicted octanol–water partition coefficient (Wildman–Crippen LogP) is 4.09. The summed E-state index contributed by atoms with van der Waals surface area (Å²) >= 11 is 11.9. The third kappa shape index (κ3) is 5.04. The fourth-order valence-corrected chi connectivity index (χ4v) is 2.81. The second-order valence-electron chi connectivity index (χ2n) is 5.43. The number of hydrogen-bond donors (Lipinski definition) is 1. The van der Waals surface area contributed by atoms with Gasteiger partial charge in [0.05, 0.1) is 16.1 Å². The van der Waals surface area contributed by atoms with Gasteiger partial charge in [-0.2, -0.15) is 0 Å². The average molecular weight is 345 g/mol. The van der Waals surface area contributed by atoms with Gasteiger partial charge in [-0.15, -0.1) is 0 Å². The summed E-state index contributed by atoms with van der Waals surface area (Å²) in [4.78, 5) is 14.1. The van der Waals surface area contributed by atoms with E-state index in [-0.39, 0.29) is 12.1 Å². The molecule has 1 aromatic rings. The van der Waals surface area contributed by atoms with Crippen molar-refractivity contribution in [3.63, 3.8) is 0 Å². The first kappa shape index (κ1) is 17.4. The maximum Gasteiger partial charge on any atom is 0.317 e. The van der Waals surface area contributed by atoms with Crippen molar-refractivity contribution in [2.45, 2.75) is 38.8 Å². The van der Waals surface area contributed by atoms with Gasteiger partial charge in [0.2, 0.25) is 0 Å². The standard InChI is InChI=1S/C16H22Cl2N2O2/c1-2-20(11-13-5-3-4-8-22-13)16(21)19-10-12-6-7-14(17)15(18)9-12/h6-7,9,13H,2-5,8,10-11H2,1H3,(H,19,21)/t13-/m0/s1. The molecule has 1 aliphatic rings. The first-order chi connectivity index (χ1) is 10.6. The molecule has 0 radical (unpaired) electrons. The monoisotopic (exact) mass is 344 g/mol. The van der Waals surface area contributed by atoms with Crippen molar-refractivity contribution >= 4 is 29.2 Å². The molecule has 1 aliphatic heterocycles. The normalized spacial score (nSPS) is 18.0. The SMILES string of the molecule is CCN(C[C@@H]1CCCCO1)C(=O)NCc1ccc(Cl)c(Cl)c1. The molecule has 6 heteroatoms. The van der Waals surface area contributed by atoms with Crippen LogP contribution in [0.4, 0.5) is 4.79 Å². The van der Waals surface area contributed by atoms with Crippen LogP contribution in [-0.4, -0.2) is 36.7 Å². The summed E-state index contributed by atoms with van der Waals surface area (Å²) in [6, 6.07) is 5.28. The van der Waals surface area contributed by atoms with Crippen LogP contribution in [-0.2, 0) is 11.3 Å². The minimum Gasteiger partial charge on any atom is -0.376 e. The van der Waals surface area contributed by atoms with Gasteiger partial charge >= 0.3 is 6.03 Å². The molecule has 1 N–H and O–H groups in total. The van der Waals surface area contributed by atoms with Crippen molar-refractivity contribution in [2.24, 2.45) is 0 Å². The predicted molar refractivity (Wildman–Crippen MR) is 89.5 cm³/mol. The Balaban J connectivity index is 1.84. The number of hydrogen-bond acceptors (Lipinski definition) is 2. The number of nitrogens with zero attached hydrogens (tertiary/aromatic N) is 1. The highest BCUT2D eigenvalue weighted by Gasteiger charge is 2.20. The first-order valence-corrected chi connectivity index (χ1v) is 8.44. The maximum absolute atomic E-state index is 12.3. The number of likely N-dealkylation sites (N-methyl/N-ethyl adjacent to an activating group) is 1. The quantitative estimate of drug-likeness (QED) is 0.873. The van der Waals surface area contributed by atoms with Crippen LogP contribution < -0.4 is 5.32 Å². The molecule has 22 heavy (non-hydrogen) atoms. The molecular formula is C16H22Cl2N2O2. The van der Waals surface area contributed by atoms with Crippen molar-refractivity contribution in [3.8, 4) is 0 Å². The molecule has 0 unspecified atom stereocenters. The number of halogens is 2. The van der Waals surface area contributed by atoms with Crippen molar-refractivity contribution in [2.75, 3.05) is 19.7 Å². The van der Waals surface area contributed by atoms with Crippen molar-refractivity contribution < 1.29 is 9.53 Å². The highest BCUT2D eigenvalue weighted by molar-refractivity contribution is 6.42. The topological polar surface area (TPSA) is 41.6 Å². The Bertz CT molecular complexity index is 505. The van der Waals surface area contributed by atoms with Crippen LogP contribution in [0.15, 0.2) is 18.2 Å². The highest BCUT2D eigenvalue weighted by Crippen LogP contribution is 2.22. The summed E-state index contributed by atoms with van der Waals surface area (Å²) in [5, 5.41) is 3.93. The number of carbonyl (C=O) groups excluding carboxylic acids is 1. The molecule has 0 bridgehead atoms. The maximum atomic E-state index is 12.3. The molecule has 0 saturated carbocycles. The number of rotatable bonds is 5. The molecule has 2 rings (SSSR count). The molecule has 0 aromatic heterocycles. The molecule has 1 fully saturated rings. The van der Waals surface area contributed by atoms with E-state index in [4.69, 9.17) is 27.9 Å². The summed E-state index contributed by atoms with van der Waals surface area (Å²) < 4.78 is 5.70. The van der Waals surface area contributed by atoms with Gasteiger partial charge in [0.15, 0.2) is 0 Å². The van der Waals surface area contributed by atoms with E-state index in [2.05, 4.69) is 5.32 Å². The van der Waals surface area contributed by atoms with Crippen LogP contribution in [0.5, 0.6) is 0 Å². The van der Waals surface area contributed by atoms with E-state index < -0.39 is 0 Å². The molecule has 1 aromatic carbocycles. The summed E-state index contributed by atoms with van der Waals surface area (Å²) in [6.07, 6.45) is 3.47. The van der Waals surface area contributed by atoms with Gasteiger partial charge in [0.25, 0.3) is 0 Å². The number of benzene rings is 1. The van der Waals surface area contributed by atoms with Crippen LogP contribution in [0.3, 0.4) is 0 Å². The van der Waals surface area contributed by atoms with Crippen LogP contribution in [0.2, 0.25) is 10.0 Å². The van der Waals surface area contributed by atoms with E-state index in [1.807, 2.05) is 13.0 Å². The molecule has 0 aliphatic carbocycles. The second-order valence-corrected chi connectivity index (χ2v) is 6.25. The Labute approximate surface area is 141 Å². The minimum atomic E-state index is -0.0808. The first-order valence-electron chi connectivity index (χ1n) is 7.68. The van der Waals surface area contributed by atoms with Crippen LogP contribution in [0.1, 0.15) is 31.7 Å². The van der Waals surface area contributed by atoms with Gasteiger partial charge in [-0.25, -0.2) is 4.79 Å². The van der Waals surface area contributed by atoms with E-state index in [1.54, 1.807) is 17.0 Å². The number of nitrogens with one attached hydrogen (secondary N) is 1. The zero-order chi connectivity index (χ0) is 15.9. The average Bonchev–Trinajstić information content (AvgIpc) is 2.54. The van der Waals surface area contributed by atoms with Gasteiger partial charge in [-0.05, 0) is 43.9 Å². The van der Waals surface area contributed by atoms with Crippen LogP contribution >= 0.6 is 23.2 Å². The van der Waals surface area contributed by atoms with Crippen LogP contribution in [0, 0.1) is 0 Å². The Morgan fingerprint density at radius 1 is 1.36 bits per heavy atom. The molecular weight excluding hydrogens is 323 g/mol. The zero-order valence-corrected chi connectivity index (χ0v) is 14.3. The molecule has 1 heterocycles. The molecule has 1 saturated heterocycles. The van der Waals surface area contributed by atoms with E-state index in [1.165, 1.54) is 6.42 Å². The van der Waals surface area contributed by atoms with Gasteiger partial charge in [0, 0.05) is 26.2 Å².